The third-order valence-corrected chi connectivity index (χ3v) is 3.98. The van der Waals surface area contributed by atoms with Crippen LogP contribution in [0.15, 0.2) is 48.5 Å². The summed E-state index contributed by atoms with van der Waals surface area (Å²) in [5.41, 5.74) is 1.73. The van der Waals surface area contributed by atoms with Gasteiger partial charge in [-0.1, -0.05) is 45.0 Å². The normalized spacial score (nSPS) is 11.8. The fourth-order valence-corrected chi connectivity index (χ4v) is 2.54. The van der Waals surface area contributed by atoms with Crippen LogP contribution in [0.4, 0.5) is 5.69 Å². The van der Waals surface area contributed by atoms with E-state index in [0.717, 1.165) is 5.56 Å². The number of nitriles is 1. The third kappa shape index (κ3) is 5.85. The predicted octanol–water partition coefficient (Wildman–Crippen LogP) is 3.80. The Labute approximate surface area is 165 Å². The lowest BCUT2D eigenvalue weighted by Crippen LogP contribution is -2.31. The molecule has 0 saturated heterocycles. The minimum Gasteiger partial charge on any atom is -0.482 e. The zero-order valence-corrected chi connectivity index (χ0v) is 16.5. The highest BCUT2D eigenvalue weighted by atomic mass is 16.6. The molecule has 2 aromatic rings. The molecular formula is C22H24N2O4. The number of anilines is 1. The van der Waals surface area contributed by atoms with Gasteiger partial charge in [-0.3, -0.25) is 4.79 Å². The summed E-state index contributed by atoms with van der Waals surface area (Å²) >= 11 is 0. The Balaban J connectivity index is 1.91. The second-order valence-corrected chi connectivity index (χ2v) is 7.35. The monoisotopic (exact) mass is 380 g/mol. The summed E-state index contributed by atoms with van der Waals surface area (Å²) in [6.45, 7) is 7.35. The lowest BCUT2D eigenvalue weighted by molar-refractivity contribution is -0.155. The summed E-state index contributed by atoms with van der Waals surface area (Å²) < 4.78 is 10.8. The Morgan fingerprint density at radius 1 is 1.14 bits per heavy atom. The van der Waals surface area contributed by atoms with Crippen LogP contribution in [-0.2, 0) is 19.7 Å². The molecule has 146 valence electrons. The van der Waals surface area contributed by atoms with Gasteiger partial charge in [-0.25, -0.2) is 4.79 Å². The van der Waals surface area contributed by atoms with E-state index in [1.54, 1.807) is 30.3 Å². The second kappa shape index (κ2) is 9.05. The molecule has 0 spiro atoms. The molecule has 1 atom stereocenters. The molecule has 0 fully saturated rings. The summed E-state index contributed by atoms with van der Waals surface area (Å²) in [6.07, 6.45) is -1.00. The van der Waals surface area contributed by atoms with Crippen molar-refractivity contribution in [2.24, 2.45) is 0 Å². The van der Waals surface area contributed by atoms with E-state index in [0.29, 0.717) is 17.0 Å². The minimum atomic E-state index is -1.00. The van der Waals surface area contributed by atoms with Crippen molar-refractivity contribution in [1.29, 1.82) is 5.26 Å². The van der Waals surface area contributed by atoms with Crippen molar-refractivity contribution in [2.75, 3.05) is 11.9 Å². The maximum absolute atomic E-state index is 12.2. The van der Waals surface area contributed by atoms with Gasteiger partial charge in [0.05, 0.1) is 11.6 Å². The van der Waals surface area contributed by atoms with Gasteiger partial charge in [0.2, 0.25) is 0 Å². The zero-order chi connectivity index (χ0) is 20.7. The Morgan fingerprint density at radius 2 is 1.86 bits per heavy atom. The third-order valence-electron chi connectivity index (χ3n) is 3.98. The van der Waals surface area contributed by atoms with Crippen LogP contribution in [0.3, 0.4) is 0 Å². The lowest BCUT2D eigenvalue weighted by atomic mass is 9.86. The van der Waals surface area contributed by atoms with E-state index in [9.17, 15) is 9.59 Å². The van der Waals surface area contributed by atoms with Gasteiger partial charge in [-0.15, -0.1) is 0 Å². The van der Waals surface area contributed by atoms with Gasteiger partial charge < -0.3 is 14.8 Å². The Bertz CT molecular complexity index is 894. The van der Waals surface area contributed by atoms with Gasteiger partial charge in [0.1, 0.15) is 5.75 Å². The Hall–Kier alpha value is -3.33. The van der Waals surface area contributed by atoms with Gasteiger partial charge in [-0.2, -0.15) is 5.26 Å². The van der Waals surface area contributed by atoms with E-state index < -0.39 is 18.0 Å². The van der Waals surface area contributed by atoms with E-state index in [1.807, 2.05) is 24.3 Å². The molecule has 2 aromatic carbocycles. The molecule has 0 bridgehead atoms. The molecule has 28 heavy (non-hydrogen) atoms. The van der Waals surface area contributed by atoms with Crippen molar-refractivity contribution in [3.05, 3.63) is 59.7 Å². The van der Waals surface area contributed by atoms with E-state index >= 15 is 0 Å². The van der Waals surface area contributed by atoms with Crippen molar-refractivity contribution in [3.63, 3.8) is 0 Å². The molecule has 0 radical (unpaired) electrons. The number of benzene rings is 2. The quantitative estimate of drug-likeness (QED) is 0.770. The molecule has 2 rings (SSSR count). The maximum Gasteiger partial charge on any atom is 0.344 e. The van der Waals surface area contributed by atoms with Gasteiger partial charge in [-0.05, 0) is 42.2 Å². The smallest absolute Gasteiger partial charge is 0.344 e. The molecule has 0 aromatic heterocycles. The largest absolute Gasteiger partial charge is 0.482 e. The van der Waals surface area contributed by atoms with Crippen LogP contribution in [0.25, 0.3) is 0 Å². The number of esters is 1. The van der Waals surface area contributed by atoms with Crippen molar-refractivity contribution >= 4 is 17.6 Å². The van der Waals surface area contributed by atoms with Crippen LogP contribution in [0.5, 0.6) is 5.75 Å². The van der Waals surface area contributed by atoms with Crippen LogP contribution in [0.1, 0.15) is 38.8 Å². The molecular weight excluding hydrogens is 356 g/mol. The highest BCUT2D eigenvalue weighted by Gasteiger charge is 2.21. The zero-order valence-electron chi connectivity index (χ0n) is 16.5. The SMILES string of the molecule is C[C@@H](OC(=O)COc1ccccc1C(C)(C)C)C(=O)Nc1cccc(C#N)c1. The molecule has 0 aliphatic heterocycles. The summed E-state index contributed by atoms with van der Waals surface area (Å²) in [5, 5.41) is 11.5. The first kappa shape index (κ1) is 21.0. The van der Waals surface area contributed by atoms with Gasteiger partial charge in [0.15, 0.2) is 12.7 Å². The lowest BCUT2D eigenvalue weighted by Gasteiger charge is -2.22. The van der Waals surface area contributed by atoms with E-state index in [4.69, 9.17) is 14.7 Å². The number of carbonyl (C=O) groups is 2. The highest BCUT2D eigenvalue weighted by Crippen LogP contribution is 2.30. The molecule has 0 aliphatic carbocycles. The summed E-state index contributed by atoms with van der Waals surface area (Å²) in [6, 6.07) is 16.0. The standard InChI is InChI=1S/C22H24N2O4/c1-15(21(26)24-17-9-7-8-16(12-17)13-23)28-20(25)14-27-19-11-6-5-10-18(19)22(2,3)4/h5-12,15H,14H2,1-4H3,(H,24,26)/t15-/m1/s1. The van der Waals surface area contributed by atoms with E-state index in [2.05, 4.69) is 26.1 Å². The average Bonchev–Trinajstić information content (AvgIpc) is 2.66. The van der Waals surface area contributed by atoms with Crippen molar-refractivity contribution in [3.8, 4) is 11.8 Å². The fourth-order valence-electron chi connectivity index (χ4n) is 2.54. The average molecular weight is 380 g/mol. The van der Waals surface area contributed by atoms with Gasteiger partial charge in [0.25, 0.3) is 5.91 Å². The molecule has 6 nitrogen and oxygen atoms in total. The second-order valence-electron chi connectivity index (χ2n) is 7.35. The van der Waals surface area contributed by atoms with Crippen molar-refractivity contribution in [1.82, 2.24) is 0 Å². The van der Waals surface area contributed by atoms with Gasteiger partial charge in [0, 0.05) is 5.69 Å². The predicted molar refractivity (Wildman–Crippen MR) is 106 cm³/mol. The number of carbonyl (C=O) groups excluding carboxylic acids is 2. The number of hydrogen-bond acceptors (Lipinski definition) is 5. The topological polar surface area (TPSA) is 88.4 Å². The molecule has 1 N–H and O–H groups in total. The first-order valence-electron chi connectivity index (χ1n) is 8.93. The first-order valence-corrected chi connectivity index (χ1v) is 8.93. The van der Waals surface area contributed by atoms with E-state index in [-0.39, 0.29) is 12.0 Å². The van der Waals surface area contributed by atoms with Crippen LogP contribution in [0.2, 0.25) is 0 Å². The molecule has 6 heteroatoms. The number of nitrogens with one attached hydrogen (secondary N) is 1. The fraction of sp³-hybridized carbons (Fsp3) is 0.318. The molecule has 1 amide bonds. The molecule has 0 saturated carbocycles. The number of rotatable bonds is 6. The van der Waals surface area contributed by atoms with Gasteiger partial charge >= 0.3 is 5.97 Å². The molecule has 0 unspecified atom stereocenters. The van der Waals surface area contributed by atoms with E-state index in [1.165, 1.54) is 6.92 Å². The number of hydrogen-bond donors (Lipinski definition) is 1. The highest BCUT2D eigenvalue weighted by molar-refractivity contribution is 5.95. The summed E-state index contributed by atoms with van der Waals surface area (Å²) in [7, 11) is 0. The number of ether oxygens (including phenoxy) is 2. The molecule has 0 heterocycles. The number of amides is 1. The Kier molecular flexibility index (Phi) is 6.78. The maximum atomic E-state index is 12.2. The summed E-state index contributed by atoms with van der Waals surface area (Å²) in [4.78, 5) is 24.3. The van der Waals surface area contributed by atoms with Crippen LogP contribution >= 0.6 is 0 Å². The molecule has 0 aliphatic rings. The minimum absolute atomic E-state index is 0.133. The van der Waals surface area contributed by atoms with Crippen LogP contribution in [0, 0.1) is 11.3 Å². The van der Waals surface area contributed by atoms with Crippen LogP contribution < -0.4 is 10.1 Å². The number of para-hydroxylation sites is 1. The van der Waals surface area contributed by atoms with Crippen molar-refractivity contribution < 1.29 is 19.1 Å². The van der Waals surface area contributed by atoms with Crippen LogP contribution in [-0.4, -0.2) is 24.6 Å². The first-order chi connectivity index (χ1) is 13.2. The van der Waals surface area contributed by atoms with Crippen molar-refractivity contribution in [2.45, 2.75) is 39.2 Å². The summed E-state index contributed by atoms with van der Waals surface area (Å²) in [5.74, 6) is -0.520. The number of nitrogens with zero attached hydrogens (tertiary/aromatic N) is 1. The Morgan fingerprint density at radius 3 is 2.54 bits per heavy atom.